The van der Waals surface area contributed by atoms with Crippen molar-refractivity contribution in [3.63, 3.8) is 0 Å². The Bertz CT molecular complexity index is 486. The lowest BCUT2D eigenvalue weighted by atomic mass is 9.96. The molecular formula is C16H24BrN3O. The molecule has 0 saturated heterocycles. The second kappa shape index (κ2) is 7.80. The number of hydrogen-bond acceptors (Lipinski definition) is 2. The van der Waals surface area contributed by atoms with E-state index in [0.717, 1.165) is 36.5 Å². The van der Waals surface area contributed by atoms with Gasteiger partial charge < -0.3 is 15.4 Å². The van der Waals surface area contributed by atoms with Crippen molar-refractivity contribution in [2.75, 3.05) is 33.9 Å². The summed E-state index contributed by atoms with van der Waals surface area (Å²) in [5.74, 6) is 0.868. The molecule has 2 N–H and O–H groups in total. The molecule has 0 aromatic heterocycles. The Morgan fingerprint density at radius 1 is 1.38 bits per heavy atom. The smallest absolute Gasteiger partial charge is 0.191 e. The van der Waals surface area contributed by atoms with E-state index >= 15 is 0 Å². The van der Waals surface area contributed by atoms with Crippen molar-refractivity contribution in [1.82, 2.24) is 10.6 Å². The second-order valence-electron chi connectivity index (χ2n) is 5.49. The average molecular weight is 354 g/mol. The summed E-state index contributed by atoms with van der Waals surface area (Å²) in [4.78, 5) is 4.27. The maximum Gasteiger partial charge on any atom is 0.191 e. The van der Waals surface area contributed by atoms with E-state index in [1.807, 2.05) is 7.05 Å². The lowest BCUT2D eigenvalue weighted by Crippen LogP contribution is -2.41. The maximum atomic E-state index is 5.05. The Morgan fingerprint density at radius 3 is 2.81 bits per heavy atom. The first kappa shape index (κ1) is 16.3. The van der Waals surface area contributed by atoms with Gasteiger partial charge in [0.1, 0.15) is 0 Å². The van der Waals surface area contributed by atoms with Crippen LogP contribution in [-0.2, 0) is 10.2 Å². The molecule has 4 nitrogen and oxygen atoms in total. The fourth-order valence-electron chi connectivity index (χ4n) is 2.43. The van der Waals surface area contributed by atoms with Crippen LogP contribution in [0.5, 0.6) is 0 Å². The number of guanidine groups is 1. The van der Waals surface area contributed by atoms with Gasteiger partial charge in [-0.05, 0) is 37.0 Å². The zero-order chi connectivity index (χ0) is 15.1. The lowest BCUT2D eigenvalue weighted by molar-refractivity contribution is 0.195. The highest BCUT2D eigenvalue weighted by atomic mass is 79.9. The number of aliphatic imine (C=N–C) groups is 1. The van der Waals surface area contributed by atoms with Gasteiger partial charge in [0, 0.05) is 43.7 Å². The van der Waals surface area contributed by atoms with E-state index in [1.54, 1.807) is 7.11 Å². The summed E-state index contributed by atoms with van der Waals surface area (Å²) in [6.07, 6.45) is 3.45. The van der Waals surface area contributed by atoms with Crippen LogP contribution < -0.4 is 10.6 Å². The molecule has 0 unspecified atom stereocenters. The Balaban J connectivity index is 1.84. The van der Waals surface area contributed by atoms with Crippen LogP contribution in [0.2, 0.25) is 0 Å². The lowest BCUT2D eigenvalue weighted by Gasteiger charge is -2.19. The standard InChI is InChI=1S/C16H24BrN3O/c1-18-15(19-9-4-10-21-2)20-12-16(7-8-16)13-5-3-6-14(17)11-13/h3,5-6,11H,4,7-10,12H2,1-2H3,(H2,18,19,20). The van der Waals surface area contributed by atoms with E-state index in [-0.39, 0.29) is 5.41 Å². The third-order valence-electron chi connectivity index (χ3n) is 3.93. The first-order valence-electron chi connectivity index (χ1n) is 7.40. The van der Waals surface area contributed by atoms with Gasteiger partial charge >= 0.3 is 0 Å². The quantitative estimate of drug-likeness (QED) is 0.450. The molecular weight excluding hydrogens is 330 g/mol. The first-order valence-corrected chi connectivity index (χ1v) is 8.19. The van der Waals surface area contributed by atoms with Crippen LogP contribution in [-0.4, -0.2) is 39.8 Å². The van der Waals surface area contributed by atoms with Gasteiger partial charge in [0.2, 0.25) is 0 Å². The molecule has 0 amide bonds. The van der Waals surface area contributed by atoms with Gasteiger partial charge in [0.15, 0.2) is 5.96 Å². The van der Waals surface area contributed by atoms with Crippen LogP contribution in [0.4, 0.5) is 0 Å². The molecule has 0 radical (unpaired) electrons. The summed E-state index contributed by atoms with van der Waals surface area (Å²) >= 11 is 3.56. The van der Waals surface area contributed by atoms with Crippen LogP contribution in [0.25, 0.3) is 0 Å². The van der Waals surface area contributed by atoms with E-state index in [1.165, 1.54) is 18.4 Å². The monoisotopic (exact) mass is 353 g/mol. The minimum Gasteiger partial charge on any atom is -0.385 e. The van der Waals surface area contributed by atoms with E-state index < -0.39 is 0 Å². The summed E-state index contributed by atoms with van der Waals surface area (Å²) < 4.78 is 6.19. The Kier molecular flexibility index (Phi) is 6.06. The van der Waals surface area contributed by atoms with Crippen LogP contribution in [0.1, 0.15) is 24.8 Å². The number of nitrogens with zero attached hydrogens (tertiary/aromatic N) is 1. The number of rotatable bonds is 7. The fourth-order valence-corrected chi connectivity index (χ4v) is 2.83. The van der Waals surface area contributed by atoms with Gasteiger partial charge in [-0.2, -0.15) is 0 Å². The Morgan fingerprint density at radius 2 is 2.19 bits per heavy atom. The summed E-state index contributed by atoms with van der Waals surface area (Å²) in [6.45, 7) is 2.57. The molecule has 1 fully saturated rings. The predicted octanol–water partition coefficient (Wildman–Crippen LogP) is 2.68. The van der Waals surface area contributed by atoms with Crippen molar-refractivity contribution >= 4 is 21.9 Å². The van der Waals surface area contributed by atoms with Crippen molar-refractivity contribution in [3.05, 3.63) is 34.3 Å². The topological polar surface area (TPSA) is 45.7 Å². The third-order valence-corrected chi connectivity index (χ3v) is 4.42. The number of hydrogen-bond donors (Lipinski definition) is 2. The first-order chi connectivity index (χ1) is 10.2. The summed E-state index contributed by atoms with van der Waals surface area (Å²) in [5, 5.41) is 6.77. The van der Waals surface area contributed by atoms with Crippen molar-refractivity contribution in [2.45, 2.75) is 24.7 Å². The normalized spacial score (nSPS) is 16.6. The average Bonchev–Trinajstić information content (AvgIpc) is 3.28. The number of nitrogens with one attached hydrogen (secondary N) is 2. The molecule has 1 aliphatic carbocycles. The summed E-state index contributed by atoms with van der Waals surface area (Å²) in [6, 6.07) is 8.62. The van der Waals surface area contributed by atoms with Crippen LogP contribution >= 0.6 is 15.9 Å². The number of methoxy groups -OCH3 is 1. The van der Waals surface area contributed by atoms with Gasteiger partial charge in [-0.15, -0.1) is 0 Å². The highest BCUT2D eigenvalue weighted by Crippen LogP contribution is 2.48. The number of benzene rings is 1. The predicted molar refractivity (Wildman–Crippen MR) is 90.9 cm³/mol. The molecule has 21 heavy (non-hydrogen) atoms. The molecule has 0 spiro atoms. The number of halogens is 1. The molecule has 5 heteroatoms. The second-order valence-corrected chi connectivity index (χ2v) is 6.41. The molecule has 0 bridgehead atoms. The van der Waals surface area contributed by atoms with Crippen molar-refractivity contribution in [2.24, 2.45) is 4.99 Å². The SMILES string of the molecule is CN=C(NCCCOC)NCC1(c2cccc(Br)c2)CC1. The minimum atomic E-state index is 0.272. The Hall–Kier alpha value is -1.07. The third kappa shape index (κ3) is 4.71. The largest absolute Gasteiger partial charge is 0.385 e. The molecule has 1 aromatic carbocycles. The van der Waals surface area contributed by atoms with Crippen molar-refractivity contribution < 1.29 is 4.74 Å². The van der Waals surface area contributed by atoms with Crippen LogP contribution in [0, 0.1) is 0 Å². The minimum absolute atomic E-state index is 0.272. The molecule has 0 aliphatic heterocycles. The summed E-state index contributed by atoms with van der Waals surface area (Å²) in [5.41, 5.74) is 1.67. The van der Waals surface area contributed by atoms with Gasteiger partial charge in [-0.3, -0.25) is 4.99 Å². The van der Waals surface area contributed by atoms with Crippen LogP contribution in [0.15, 0.2) is 33.7 Å². The summed E-state index contributed by atoms with van der Waals surface area (Å²) in [7, 11) is 3.53. The molecule has 0 heterocycles. The van der Waals surface area contributed by atoms with Gasteiger partial charge in [-0.25, -0.2) is 0 Å². The highest BCUT2D eigenvalue weighted by molar-refractivity contribution is 9.10. The highest BCUT2D eigenvalue weighted by Gasteiger charge is 2.44. The van der Waals surface area contributed by atoms with Crippen LogP contribution in [0.3, 0.4) is 0 Å². The van der Waals surface area contributed by atoms with Crippen molar-refractivity contribution in [3.8, 4) is 0 Å². The molecule has 116 valence electrons. The van der Waals surface area contributed by atoms with Gasteiger partial charge in [0.25, 0.3) is 0 Å². The van der Waals surface area contributed by atoms with E-state index in [9.17, 15) is 0 Å². The maximum absolute atomic E-state index is 5.05. The van der Waals surface area contributed by atoms with Crippen molar-refractivity contribution in [1.29, 1.82) is 0 Å². The van der Waals surface area contributed by atoms with Gasteiger partial charge in [0.05, 0.1) is 0 Å². The molecule has 1 aromatic rings. The molecule has 1 aliphatic rings. The molecule has 0 atom stereocenters. The zero-order valence-corrected chi connectivity index (χ0v) is 14.4. The fraction of sp³-hybridized carbons (Fsp3) is 0.562. The Labute approximate surface area is 135 Å². The molecule has 2 rings (SSSR count). The zero-order valence-electron chi connectivity index (χ0n) is 12.8. The van der Waals surface area contributed by atoms with Gasteiger partial charge in [-0.1, -0.05) is 28.1 Å². The van der Waals surface area contributed by atoms with E-state index in [4.69, 9.17) is 4.74 Å². The number of ether oxygens (including phenoxy) is 1. The van der Waals surface area contributed by atoms with E-state index in [2.05, 4.69) is 55.8 Å². The van der Waals surface area contributed by atoms with E-state index in [0.29, 0.717) is 0 Å². The molecule has 1 saturated carbocycles.